The summed E-state index contributed by atoms with van der Waals surface area (Å²) < 4.78 is 26.0. The Labute approximate surface area is 156 Å². The molecule has 3 rings (SSSR count). The van der Waals surface area contributed by atoms with Crippen molar-refractivity contribution >= 4 is 24.4 Å². The number of alkyl halides is 2. The van der Waals surface area contributed by atoms with E-state index in [1.165, 1.54) is 18.6 Å². The van der Waals surface area contributed by atoms with Crippen LogP contribution in [-0.4, -0.2) is 65.6 Å². The Hall–Kier alpha value is -2.68. The summed E-state index contributed by atoms with van der Waals surface area (Å²) in [6.07, 6.45) is 5.07. The van der Waals surface area contributed by atoms with Crippen LogP contribution in [0.4, 0.5) is 14.6 Å². The van der Waals surface area contributed by atoms with Crippen molar-refractivity contribution in [3.05, 3.63) is 36.2 Å². The van der Waals surface area contributed by atoms with Crippen LogP contribution < -0.4 is 4.90 Å². The van der Waals surface area contributed by atoms with Gasteiger partial charge in [-0.1, -0.05) is 0 Å². The summed E-state index contributed by atoms with van der Waals surface area (Å²) in [6, 6.07) is 1.81. The first kappa shape index (κ1) is 19.1. The Morgan fingerprint density at radius 2 is 2.33 bits per heavy atom. The molecule has 1 fully saturated rings. The second-order valence-corrected chi connectivity index (χ2v) is 6.39. The molecule has 0 bridgehead atoms. The summed E-state index contributed by atoms with van der Waals surface area (Å²) in [4.78, 5) is 20.1. The van der Waals surface area contributed by atoms with Crippen LogP contribution in [0.25, 0.3) is 5.70 Å². The fourth-order valence-corrected chi connectivity index (χ4v) is 3.18. The molecule has 3 heterocycles. The van der Waals surface area contributed by atoms with Crippen molar-refractivity contribution in [1.29, 1.82) is 0 Å². The second-order valence-electron chi connectivity index (χ2n) is 6.39. The minimum atomic E-state index is -2.67. The predicted molar refractivity (Wildman–Crippen MR) is 101 cm³/mol. The van der Waals surface area contributed by atoms with Gasteiger partial charge >= 0.3 is 0 Å². The van der Waals surface area contributed by atoms with Crippen LogP contribution >= 0.6 is 0 Å². The van der Waals surface area contributed by atoms with E-state index < -0.39 is 6.43 Å². The largest absolute Gasteiger partial charge is 0.396 e. The molecule has 0 saturated carbocycles. The van der Waals surface area contributed by atoms with Crippen LogP contribution in [0.15, 0.2) is 40.3 Å². The van der Waals surface area contributed by atoms with Crippen LogP contribution in [0.3, 0.4) is 0 Å². The molecule has 1 saturated heterocycles. The molecule has 1 unspecified atom stereocenters. The number of rotatable bonds is 6. The summed E-state index contributed by atoms with van der Waals surface area (Å²) in [7, 11) is 0. The van der Waals surface area contributed by atoms with E-state index in [4.69, 9.17) is 0 Å². The lowest BCUT2D eigenvalue weighted by Crippen LogP contribution is -2.37. The van der Waals surface area contributed by atoms with Crippen LogP contribution in [0.2, 0.25) is 0 Å². The maximum absolute atomic E-state index is 13.0. The van der Waals surface area contributed by atoms with Gasteiger partial charge < -0.3 is 14.9 Å². The quantitative estimate of drug-likeness (QED) is 0.770. The van der Waals surface area contributed by atoms with Gasteiger partial charge in [-0.2, -0.15) is 0 Å². The highest BCUT2D eigenvalue weighted by molar-refractivity contribution is 5.70. The summed E-state index contributed by atoms with van der Waals surface area (Å²) in [5.74, 6) is 1.32. The number of hydrogen-bond acceptors (Lipinski definition) is 7. The molecule has 0 spiro atoms. The first-order valence-electron chi connectivity index (χ1n) is 8.76. The normalized spacial score (nSPS) is 20.8. The Balaban J connectivity index is 1.88. The summed E-state index contributed by atoms with van der Waals surface area (Å²) in [5.41, 5.74) is 0.140. The zero-order valence-electron chi connectivity index (χ0n) is 14.9. The monoisotopic (exact) mass is 376 g/mol. The molecule has 27 heavy (non-hydrogen) atoms. The highest BCUT2D eigenvalue weighted by Gasteiger charge is 2.23. The van der Waals surface area contributed by atoms with Crippen molar-refractivity contribution in [1.82, 2.24) is 14.9 Å². The van der Waals surface area contributed by atoms with Gasteiger partial charge in [-0.05, 0) is 31.5 Å². The second kappa shape index (κ2) is 8.81. The molecule has 2 aliphatic rings. The molecule has 144 valence electrons. The third kappa shape index (κ3) is 4.54. The van der Waals surface area contributed by atoms with E-state index >= 15 is 0 Å². The van der Waals surface area contributed by atoms with E-state index in [0.717, 1.165) is 31.7 Å². The molecule has 0 radical (unpaired) electrons. The van der Waals surface area contributed by atoms with Gasteiger partial charge in [0.1, 0.15) is 17.2 Å². The maximum atomic E-state index is 13.0. The molecular formula is C18H22F2N6O. The van der Waals surface area contributed by atoms with Crippen molar-refractivity contribution in [2.24, 2.45) is 15.9 Å². The number of allylic oxidation sites excluding steroid dienone is 1. The van der Waals surface area contributed by atoms with Crippen molar-refractivity contribution in [3.8, 4) is 0 Å². The zero-order valence-corrected chi connectivity index (χ0v) is 14.9. The average Bonchev–Trinajstić information content (AvgIpc) is 2.72. The lowest BCUT2D eigenvalue weighted by Gasteiger charge is -2.33. The van der Waals surface area contributed by atoms with Crippen molar-refractivity contribution in [3.63, 3.8) is 0 Å². The summed E-state index contributed by atoms with van der Waals surface area (Å²) in [6.45, 7) is 5.48. The number of aliphatic hydroxyl groups is 1. The Morgan fingerprint density at radius 3 is 3.07 bits per heavy atom. The number of piperidine rings is 1. The number of hydrogen-bond donors (Lipinski definition) is 1. The number of aliphatic hydroxyl groups excluding tert-OH is 1. The molecule has 9 heteroatoms. The molecule has 0 aromatic carbocycles. The third-order valence-electron chi connectivity index (χ3n) is 4.52. The zero-order chi connectivity index (χ0) is 19.2. The van der Waals surface area contributed by atoms with Gasteiger partial charge in [0, 0.05) is 38.3 Å². The van der Waals surface area contributed by atoms with Crippen LogP contribution in [0, 0.1) is 5.92 Å². The minimum absolute atomic E-state index is 0.147. The Morgan fingerprint density at radius 1 is 1.48 bits per heavy atom. The number of anilines is 1. The lowest BCUT2D eigenvalue weighted by molar-refractivity contribution is 0.185. The van der Waals surface area contributed by atoms with E-state index in [9.17, 15) is 13.9 Å². The number of halogens is 2. The van der Waals surface area contributed by atoms with Gasteiger partial charge in [-0.3, -0.25) is 9.98 Å². The molecule has 1 aromatic heterocycles. The first-order valence-corrected chi connectivity index (χ1v) is 8.76. The standard InChI is InChI=1S/C18H22F2N6O/c1-21-9-15(25-8-6-22-14(11-25)17(19)20)18-23-5-4-16(24-18)26-7-2-3-13(10-26)12-27/h4-6,9,11,13,17,27H,1-3,7-8,10,12H2/b15-9-. The van der Waals surface area contributed by atoms with E-state index in [1.807, 2.05) is 0 Å². The molecule has 0 amide bonds. The molecule has 1 atom stereocenters. The molecule has 2 aliphatic heterocycles. The van der Waals surface area contributed by atoms with Crippen molar-refractivity contribution in [2.75, 3.05) is 31.1 Å². The SMILES string of the molecule is C=N/C=C(/c1nccc(N2CCCC(CO)C2)n1)N1C=C(C(F)F)N=CC1. The highest BCUT2D eigenvalue weighted by atomic mass is 19.3. The Bertz CT molecular complexity index is 764. The number of aromatic nitrogens is 2. The fraction of sp³-hybridized carbons (Fsp3) is 0.444. The van der Waals surface area contributed by atoms with Crippen molar-refractivity contribution < 1.29 is 13.9 Å². The average molecular weight is 376 g/mol. The topological polar surface area (TPSA) is 77.2 Å². The number of nitrogens with zero attached hydrogens (tertiary/aromatic N) is 6. The van der Waals surface area contributed by atoms with Crippen molar-refractivity contribution in [2.45, 2.75) is 19.3 Å². The predicted octanol–water partition coefficient (Wildman–Crippen LogP) is 2.18. The van der Waals surface area contributed by atoms with Crippen LogP contribution in [-0.2, 0) is 0 Å². The van der Waals surface area contributed by atoms with Gasteiger partial charge in [0.2, 0.25) is 0 Å². The van der Waals surface area contributed by atoms with E-state index in [-0.39, 0.29) is 18.2 Å². The van der Waals surface area contributed by atoms with E-state index in [1.54, 1.807) is 17.2 Å². The summed E-state index contributed by atoms with van der Waals surface area (Å²) >= 11 is 0. The summed E-state index contributed by atoms with van der Waals surface area (Å²) in [5, 5.41) is 9.43. The van der Waals surface area contributed by atoms with Gasteiger partial charge in [-0.15, -0.1) is 0 Å². The highest BCUT2D eigenvalue weighted by Crippen LogP contribution is 2.25. The molecule has 1 aromatic rings. The minimum Gasteiger partial charge on any atom is -0.396 e. The van der Waals surface area contributed by atoms with Gasteiger partial charge in [0.15, 0.2) is 5.82 Å². The maximum Gasteiger partial charge on any atom is 0.281 e. The molecule has 0 aliphatic carbocycles. The van der Waals surface area contributed by atoms with Gasteiger partial charge in [0.05, 0.1) is 12.7 Å². The van der Waals surface area contributed by atoms with Gasteiger partial charge in [0.25, 0.3) is 6.43 Å². The smallest absolute Gasteiger partial charge is 0.281 e. The lowest BCUT2D eigenvalue weighted by atomic mass is 9.99. The van der Waals surface area contributed by atoms with Crippen LogP contribution in [0.1, 0.15) is 18.7 Å². The molecule has 1 N–H and O–H groups in total. The third-order valence-corrected chi connectivity index (χ3v) is 4.52. The van der Waals surface area contributed by atoms with Crippen LogP contribution in [0.5, 0.6) is 0 Å². The first-order chi connectivity index (χ1) is 13.1. The molecular weight excluding hydrogens is 354 g/mol. The van der Waals surface area contributed by atoms with E-state index in [2.05, 4.69) is 31.6 Å². The van der Waals surface area contributed by atoms with Gasteiger partial charge in [-0.25, -0.2) is 18.7 Å². The molecule has 7 nitrogen and oxygen atoms in total. The number of aliphatic imine (C=N–C) groups is 2. The fourth-order valence-electron chi connectivity index (χ4n) is 3.18. The Kier molecular flexibility index (Phi) is 6.23. The van der Waals surface area contributed by atoms with E-state index in [0.29, 0.717) is 18.1 Å².